The first-order valence-corrected chi connectivity index (χ1v) is 9.27. The molecule has 0 saturated carbocycles. The highest BCUT2D eigenvalue weighted by Crippen LogP contribution is 2.37. The zero-order valence-corrected chi connectivity index (χ0v) is 15.8. The molecule has 2 aromatic carbocycles. The summed E-state index contributed by atoms with van der Waals surface area (Å²) in [5.41, 5.74) is 2.45. The van der Waals surface area contributed by atoms with Gasteiger partial charge in [-0.15, -0.1) is 0 Å². The number of carbonyl (C=O) groups excluding carboxylic acids is 1. The smallest absolute Gasteiger partial charge is 0.258 e. The molecule has 2 aliphatic rings. The summed E-state index contributed by atoms with van der Waals surface area (Å²) in [6.07, 6.45) is 0.325. The quantitative estimate of drug-likeness (QED) is 0.666. The third-order valence-corrected chi connectivity index (χ3v) is 5.49. The van der Waals surface area contributed by atoms with Crippen molar-refractivity contribution in [3.63, 3.8) is 0 Å². The van der Waals surface area contributed by atoms with Crippen molar-refractivity contribution >= 4 is 23.2 Å². The number of nitrogens with zero attached hydrogens (tertiary/aromatic N) is 3. The van der Waals surface area contributed by atoms with E-state index < -0.39 is 0 Å². The van der Waals surface area contributed by atoms with Gasteiger partial charge < -0.3 is 18.9 Å². The Morgan fingerprint density at radius 1 is 1.18 bits per heavy atom. The van der Waals surface area contributed by atoms with Crippen LogP contribution in [0.1, 0.15) is 23.7 Å². The van der Waals surface area contributed by atoms with Crippen molar-refractivity contribution in [2.24, 2.45) is 0 Å². The van der Waals surface area contributed by atoms with Crippen LogP contribution in [0.25, 0.3) is 11.5 Å². The highest BCUT2D eigenvalue weighted by molar-refractivity contribution is 6.31. The highest BCUT2D eigenvalue weighted by atomic mass is 35.5. The summed E-state index contributed by atoms with van der Waals surface area (Å²) < 4.78 is 16.1. The molecule has 1 atom stereocenters. The van der Waals surface area contributed by atoms with E-state index in [0.29, 0.717) is 41.2 Å². The summed E-state index contributed by atoms with van der Waals surface area (Å²) >= 11 is 6.21. The molecule has 1 aromatic heterocycles. The van der Waals surface area contributed by atoms with Crippen molar-refractivity contribution in [3.05, 3.63) is 52.8 Å². The molecule has 5 rings (SSSR count). The van der Waals surface area contributed by atoms with E-state index in [9.17, 15) is 4.79 Å². The lowest BCUT2D eigenvalue weighted by Gasteiger charge is -2.19. The number of fused-ring (bicyclic) bond motifs is 1. The Morgan fingerprint density at radius 2 is 2.04 bits per heavy atom. The van der Waals surface area contributed by atoms with E-state index in [2.05, 4.69) is 10.1 Å². The third kappa shape index (κ3) is 2.79. The van der Waals surface area contributed by atoms with E-state index in [4.69, 9.17) is 25.6 Å². The van der Waals surface area contributed by atoms with Crippen LogP contribution in [-0.2, 0) is 4.79 Å². The Morgan fingerprint density at radius 3 is 2.93 bits per heavy atom. The molecule has 0 bridgehead atoms. The van der Waals surface area contributed by atoms with Crippen molar-refractivity contribution in [3.8, 4) is 23.0 Å². The summed E-state index contributed by atoms with van der Waals surface area (Å²) in [7, 11) is 0. The predicted molar refractivity (Wildman–Crippen MR) is 102 cm³/mol. The predicted octanol–water partition coefficient (Wildman–Crippen LogP) is 3.95. The molecule has 3 heterocycles. The molecule has 1 saturated heterocycles. The van der Waals surface area contributed by atoms with Crippen molar-refractivity contribution in [2.45, 2.75) is 19.3 Å². The number of rotatable bonds is 3. The largest absolute Gasteiger partial charge is 0.454 e. The van der Waals surface area contributed by atoms with Gasteiger partial charge in [0.25, 0.3) is 5.89 Å². The van der Waals surface area contributed by atoms with Gasteiger partial charge in [0.2, 0.25) is 12.7 Å². The van der Waals surface area contributed by atoms with E-state index in [1.54, 1.807) is 11.0 Å². The second-order valence-electron chi connectivity index (χ2n) is 6.82. The van der Waals surface area contributed by atoms with Crippen LogP contribution in [0.15, 0.2) is 40.9 Å². The first-order valence-electron chi connectivity index (χ1n) is 8.89. The second kappa shape index (κ2) is 6.53. The van der Waals surface area contributed by atoms with E-state index >= 15 is 0 Å². The van der Waals surface area contributed by atoms with Gasteiger partial charge in [0.15, 0.2) is 17.3 Å². The zero-order chi connectivity index (χ0) is 19.3. The fourth-order valence-electron chi connectivity index (χ4n) is 3.55. The molecule has 142 valence electrons. The number of anilines is 1. The Labute approximate surface area is 165 Å². The summed E-state index contributed by atoms with van der Waals surface area (Å²) in [6.45, 7) is 2.60. The lowest BCUT2D eigenvalue weighted by atomic mass is 10.1. The van der Waals surface area contributed by atoms with Crippen molar-refractivity contribution in [1.29, 1.82) is 0 Å². The van der Waals surface area contributed by atoms with Crippen molar-refractivity contribution in [2.75, 3.05) is 18.2 Å². The highest BCUT2D eigenvalue weighted by Gasteiger charge is 2.35. The maximum absolute atomic E-state index is 12.6. The minimum absolute atomic E-state index is 0.0183. The number of hydrogen-bond donors (Lipinski definition) is 0. The molecule has 0 N–H and O–H groups in total. The van der Waals surface area contributed by atoms with Crippen LogP contribution < -0.4 is 14.4 Å². The van der Waals surface area contributed by atoms with Crippen LogP contribution in [-0.4, -0.2) is 29.4 Å². The Hall–Kier alpha value is -3.06. The van der Waals surface area contributed by atoms with Gasteiger partial charge in [-0.3, -0.25) is 4.79 Å². The summed E-state index contributed by atoms with van der Waals surface area (Å²) in [6, 6.07) is 11.0. The molecule has 1 unspecified atom stereocenters. The molecule has 7 nitrogen and oxygen atoms in total. The number of hydrogen-bond acceptors (Lipinski definition) is 6. The van der Waals surface area contributed by atoms with Crippen molar-refractivity contribution in [1.82, 2.24) is 10.1 Å². The standard InChI is InChI=1S/C20H16ClN3O4/c1-11-14(21)3-2-4-15(11)24-9-13(8-18(24)25)19-22-20(28-23-19)12-5-6-16-17(7-12)27-10-26-16/h2-7,13H,8-10H2,1H3. The van der Waals surface area contributed by atoms with Gasteiger partial charge in [0.05, 0.1) is 0 Å². The normalized spacial score (nSPS) is 18.1. The van der Waals surface area contributed by atoms with E-state index in [-0.39, 0.29) is 18.6 Å². The summed E-state index contributed by atoms with van der Waals surface area (Å²) in [5, 5.41) is 4.74. The minimum atomic E-state index is -0.141. The molecular formula is C20H16ClN3O4. The number of carbonyl (C=O) groups is 1. The van der Waals surface area contributed by atoms with Crippen LogP contribution in [0.2, 0.25) is 5.02 Å². The van der Waals surface area contributed by atoms with Gasteiger partial charge in [-0.1, -0.05) is 22.8 Å². The topological polar surface area (TPSA) is 77.7 Å². The zero-order valence-electron chi connectivity index (χ0n) is 15.0. The van der Waals surface area contributed by atoms with E-state index in [1.807, 2.05) is 37.3 Å². The van der Waals surface area contributed by atoms with Gasteiger partial charge >= 0.3 is 0 Å². The molecule has 1 amide bonds. The lowest BCUT2D eigenvalue weighted by molar-refractivity contribution is -0.117. The minimum Gasteiger partial charge on any atom is -0.454 e. The summed E-state index contributed by atoms with van der Waals surface area (Å²) in [4.78, 5) is 18.8. The van der Waals surface area contributed by atoms with Gasteiger partial charge in [-0.25, -0.2) is 0 Å². The van der Waals surface area contributed by atoms with E-state index in [0.717, 1.165) is 16.8 Å². The molecule has 28 heavy (non-hydrogen) atoms. The third-order valence-electron chi connectivity index (χ3n) is 5.08. The maximum Gasteiger partial charge on any atom is 0.258 e. The van der Waals surface area contributed by atoms with Crippen LogP contribution in [0.5, 0.6) is 11.5 Å². The number of benzene rings is 2. The van der Waals surface area contributed by atoms with Crippen LogP contribution in [0, 0.1) is 6.92 Å². The average molecular weight is 398 g/mol. The van der Waals surface area contributed by atoms with Gasteiger partial charge in [-0.05, 0) is 42.8 Å². The number of aromatic nitrogens is 2. The fraction of sp³-hybridized carbons (Fsp3) is 0.250. The van der Waals surface area contributed by atoms with Crippen LogP contribution in [0.4, 0.5) is 5.69 Å². The maximum atomic E-state index is 12.6. The Kier molecular flexibility index (Phi) is 3.98. The number of halogens is 1. The Balaban J connectivity index is 1.39. The van der Waals surface area contributed by atoms with Gasteiger partial charge in [0, 0.05) is 35.2 Å². The second-order valence-corrected chi connectivity index (χ2v) is 7.22. The van der Waals surface area contributed by atoms with Gasteiger partial charge in [0.1, 0.15) is 0 Å². The Bertz CT molecular complexity index is 1080. The van der Waals surface area contributed by atoms with Crippen LogP contribution >= 0.6 is 11.6 Å². The first kappa shape index (κ1) is 17.1. The monoisotopic (exact) mass is 397 g/mol. The van der Waals surface area contributed by atoms with E-state index in [1.165, 1.54) is 0 Å². The fourth-order valence-corrected chi connectivity index (χ4v) is 3.72. The molecule has 2 aliphatic heterocycles. The van der Waals surface area contributed by atoms with Gasteiger partial charge in [-0.2, -0.15) is 4.98 Å². The number of amides is 1. The molecule has 8 heteroatoms. The van der Waals surface area contributed by atoms with Crippen molar-refractivity contribution < 1.29 is 18.8 Å². The summed E-state index contributed by atoms with van der Waals surface area (Å²) in [5.74, 6) is 2.12. The SMILES string of the molecule is Cc1c(Cl)cccc1N1CC(c2noc(-c3ccc4c(c3)OCO4)n2)CC1=O. The molecule has 3 aromatic rings. The molecule has 0 aliphatic carbocycles. The molecular weight excluding hydrogens is 382 g/mol. The molecule has 1 fully saturated rings. The average Bonchev–Trinajstić information content (AvgIpc) is 3.42. The molecule has 0 radical (unpaired) electrons. The molecule has 0 spiro atoms. The number of ether oxygens (including phenoxy) is 2. The lowest BCUT2D eigenvalue weighted by Crippen LogP contribution is -2.25. The van der Waals surface area contributed by atoms with Crippen LogP contribution in [0.3, 0.4) is 0 Å². The first-order chi connectivity index (χ1) is 13.6.